The minimum absolute atomic E-state index is 0.00556. The molecule has 0 fully saturated rings. The van der Waals surface area contributed by atoms with E-state index in [9.17, 15) is 14.4 Å². The SMILES string of the molecule is CC(=O)CCC(=O)NCCN(C)C(C)=O. The summed E-state index contributed by atoms with van der Waals surface area (Å²) in [7, 11) is 1.67. The van der Waals surface area contributed by atoms with E-state index < -0.39 is 0 Å². The highest BCUT2D eigenvalue weighted by Crippen LogP contribution is 1.90. The summed E-state index contributed by atoms with van der Waals surface area (Å²) >= 11 is 0. The van der Waals surface area contributed by atoms with Gasteiger partial charge in [0.25, 0.3) is 0 Å². The van der Waals surface area contributed by atoms with Crippen LogP contribution in [0.1, 0.15) is 26.7 Å². The van der Waals surface area contributed by atoms with Crippen molar-refractivity contribution >= 4 is 17.6 Å². The highest BCUT2D eigenvalue weighted by Gasteiger charge is 2.04. The minimum Gasteiger partial charge on any atom is -0.354 e. The number of amides is 2. The Morgan fingerprint density at radius 3 is 2.20 bits per heavy atom. The van der Waals surface area contributed by atoms with Crippen LogP contribution in [0, 0.1) is 0 Å². The van der Waals surface area contributed by atoms with E-state index in [1.807, 2.05) is 0 Å². The Morgan fingerprint density at radius 2 is 1.73 bits per heavy atom. The Balaban J connectivity index is 3.55. The monoisotopic (exact) mass is 214 g/mol. The van der Waals surface area contributed by atoms with E-state index in [0.29, 0.717) is 13.1 Å². The predicted octanol–water partition coefficient (Wildman–Crippen LogP) is -0.0499. The van der Waals surface area contributed by atoms with Gasteiger partial charge in [-0.15, -0.1) is 0 Å². The molecule has 0 aromatic carbocycles. The molecule has 5 nitrogen and oxygen atoms in total. The van der Waals surface area contributed by atoms with Crippen molar-refractivity contribution in [3.8, 4) is 0 Å². The molecule has 0 aliphatic rings. The molecule has 0 bridgehead atoms. The number of hydrogen-bond donors (Lipinski definition) is 1. The Morgan fingerprint density at radius 1 is 1.13 bits per heavy atom. The summed E-state index contributed by atoms with van der Waals surface area (Å²) in [5, 5.41) is 2.64. The van der Waals surface area contributed by atoms with Crippen molar-refractivity contribution in [2.24, 2.45) is 0 Å². The maximum atomic E-state index is 11.1. The summed E-state index contributed by atoms with van der Waals surface area (Å²) in [6.45, 7) is 3.84. The van der Waals surface area contributed by atoms with Crippen LogP contribution in [0.3, 0.4) is 0 Å². The van der Waals surface area contributed by atoms with Crippen LogP contribution in [0.2, 0.25) is 0 Å². The second-order valence-corrected chi connectivity index (χ2v) is 3.49. The standard InChI is InChI=1S/C10H18N2O3/c1-8(13)4-5-10(15)11-6-7-12(3)9(2)14/h4-7H2,1-3H3,(H,11,15). The molecule has 0 aliphatic heterocycles. The lowest BCUT2D eigenvalue weighted by Gasteiger charge is -2.14. The van der Waals surface area contributed by atoms with Gasteiger partial charge in [-0.3, -0.25) is 9.59 Å². The molecule has 0 aromatic rings. The number of Topliss-reactive ketones (excluding diaryl/α,β-unsaturated/α-hetero) is 1. The summed E-state index contributed by atoms with van der Waals surface area (Å²) in [5.41, 5.74) is 0. The van der Waals surface area contributed by atoms with Gasteiger partial charge in [0.15, 0.2) is 0 Å². The first-order valence-corrected chi connectivity index (χ1v) is 4.91. The molecule has 0 aromatic heterocycles. The summed E-state index contributed by atoms with van der Waals surface area (Å²) in [5.74, 6) is -0.179. The van der Waals surface area contributed by atoms with E-state index in [4.69, 9.17) is 0 Å². The number of carbonyl (C=O) groups excluding carboxylic acids is 3. The molecule has 0 saturated heterocycles. The smallest absolute Gasteiger partial charge is 0.220 e. The number of rotatable bonds is 6. The second-order valence-electron chi connectivity index (χ2n) is 3.49. The summed E-state index contributed by atoms with van der Waals surface area (Å²) in [6.07, 6.45) is 0.494. The van der Waals surface area contributed by atoms with Crippen LogP contribution in [-0.4, -0.2) is 42.6 Å². The molecule has 0 rings (SSSR count). The van der Waals surface area contributed by atoms with Crippen LogP contribution in [0.25, 0.3) is 0 Å². The first-order chi connectivity index (χ1) is 6.93. The third-order valence-electron chi connectivity index (χ3n) is 2.01. The first kappa shape index (κ1) is 13.6. The molecule has 0 spiro atoms. The summed E-state index contributed by atoms with van der Waals surface area (Å²) < 4.78 is 0. The van der Waals surface area contributed by atoms with Gasteiger partial charge in [0.2, 0.25) is 11.8 Å². The van der Waals surface area contributed by atoms with E-state index in [1.165, 1.54) is 18.7 Å². The third-order valence-corrected chi connectivity index (χ3v) is 2.01. The topological polar surface area (TPSA) is 66.5 Å². The van der Waals surface area contributed by atoms with Crippen molar-refractivity contribution in [1.82, 2.24) is 10.2 Å². The van der Waals surface area contributed by atoms with Gasteiger partial charge in [0.1, 0.15) is 5.78 Å². The molecule has 1 N–H and O–H groups in total. The summed E-state index contributed by atoms with van der Waals surface area (Å²) in [6, 6.07) is 0. The number of nitrogens with one attached hydrogen (secondary N) is 1. The van der Waals surface area contributed by atoms with E-state index >= 15 is 0 Å². The fourth-order valence-electron chi connectivity index (χ4n) is 0.898. The molecule has 5 heteroatoms. The molecule has 0 unspecified atom stereocenters. The average molecular weight is 214 g/mol. The van der Waals surface area contributed by atoms with Gasteiger partial charge in [-0.25, -0.2) is 0 Å². The van der Waals surface area contributed by atoms with Gasteiger partial charge < -0.3 is 15.0 Å². The van der Waals surface area contributed by atoms with Gasteiger partial charge in [-0.2, -0.15) is 0 Å². The van der Waals surface area contributed by atoms with Crippen molar-refractivity contribution in [1.29, 1.82) is 0 Å². The Bertz CT molecular complexity index is 251. The van der Waals surface area contributed by atoms with Gasteiger partial charge in [-0.1, -0.05) is 0 Å². The highest BCUT2D eigenvalue weighted by molar-refractivity contribution is 5.83. The van der Waals surface area contributed by atoms with Gasteiger partial charge in [0, 0.05) is 39.9 Å². The fourth-order valence-corrected chi connectivity index (χ4v) is 0.898. The number of likely N-dealkylation sites (N-methyl/N-ethyl adjacent to an activating group) is 1. The predicted molar refractivity (Wildman–Crippen MR) is 56.2 cm³/mol. The quantitative estimate of drug-likeness (QED) is 0.674. The maximum absolute atomic E-state index is 11.1. The van der Waals surface area contributed by atoms with Crippen LogP contribution in [-0.2, 0) is 14.4 Å². The van der Waals surface area contributed by atoms with E-state index in [-0.39, 0.29) is 30.4 Å². The molecule has 0 heterocycles. The lowest BCUT2D eigenvalue weighted by Crippen LogP contribution is -2.35. The highest BCUT2D eigenvalue weighted by atomic mass is 16.2. The van der Waals surface area contributed by atoms with Crippen LogP contribution < -0.4 is 5.32 Å². The Labute approximate surface area is 89.8 Å². The molecule has 2 amide bonds. The van der Waals surface area contributed by atoms with Crippen molar-refractivity contribution in [3.05, 3.63) is 0 Å². The average Bonchev–Trinajstić information content (AvgIpc) is 2.14. The summed E-state index contributed by atoms with van der Waals surface area (Å²) in [4.78, 5) is 34.0. The van der Waals surface area contributed by atoms with Crippen molar-refractivity contribution in [3.63, 3.8) is 0 Å². The van der Waals surface area contributed by atoms with Gasteiger partial charge in [-0.05, 0) is 6.92 Å². The minimum atomic E-state index is -0.151. The third kappa shape index (κ3) is 7.66. The fraction of sp³-hybridized carbons (Fsp3) is 0.700. The first-order valence-electron chi connectivity index (χ1n) is 4.91. The molecule has 0 aliphatic carbocycles. The zero-order valence-electron chi connectivity index (χ0n) is 9.50. The normalized spacial score (nSPS) is 9.53. The maximum Gasteiger partial charge on any atom is 0.220 e. The number of ketones is 1. The van der Waals surface area contributed by atoms with E-state index in [2.05, 4.69) is 5.32 Å². The lowest BCUT2D eigenvalue weighted by atomic mass is 10.2. The Hall–Kier alpha value is -1.39. The molecule has 86 valence electrons. The molecular formula is C10H18N2O3. The van der Waals surface area contributed by atoms with E-state index in [0.717, 1.165) is 0 Å². The van der Waals surface area contributed by atoms with Crippen molar-refractivity contribution < 1.29 is 14.4 Å². The van der Waals surface area contributed by atoms with Gasteiger partial charge >= 0.3 is 0 Å². The molecular weight excluding hydrogens is 196 g/mol. The molecule has 0 radical (unpaired) electrons. The Kier molecular flexibility index (Phi) is 6.33. The van der Waals surface area contributed by atoms with Crippen molar-refractivity contribution in [2.45, 2.75) is 26.7 Å². The van der Waals surface area contributed by atoms with E-state index in [1.54, 1.807) is 7.05 Å². The largest absolute Gasteiger partial charge is 0.354 e. The second kappa shape index (κ2) is 6.98. The molecule has 0 saturated carbocycles. The number of hydrogen-bond acceptors (Lipinski definition) is 3. The number of nitrogens with zero attached hydrogens (tertiary/aromatic N) is 1. The van der Waals surface area contributed by atoms with Crippen LogP contribution >= 0.6 is 0 Å². The van der Waals surface area contributed by atoms with Crippen LogP contribution in [0.15, 0.2) is 0 Å². The lowest BCUT2D eigenvalue weighted by molar-refractivity contribution is -0.128. The zero-order chi connectivity index (χ0) is 11.8. The molecule has 0 atom stereocenters. The van der Waals surface area contributed by atoms with Crippen molar-refractivity contribution in [2.75, 3.05) is 20.1 Å². The zero-order valence-corrected chi connectivity index (χ0v) is 9.50. The van der Waals surface area contributed by atoms with Gasteiger partial charge in [0.05, 0.1) is 0 Å². The molecule has 15 heavy (non-hydrogen) atoms. The number of carbonyl (C=O) groups is 3. The van der Waals surface area contributed by atoms with Crippen LogP contribution in [0.5, 0.6) is 0 Å². The van der Waals surface area contributed by atoms with Crippen LogP contribution in [0.4, 0.5) is 0 Å².